The summed E-state index contributed by atoms with van der Waals surface area (Å²) in [6.45, 7) is 4.01. The highest BCUT2D eigenvalue weighted by Gasteiger charge is 2.06. The Bertz CT molecular complexity index is 224. The average Bonchev–Trinajstić information content (AvgIpc) is 2.36. The van der Waals surface area contributed by atoms with Crippen LogP contribution >= 0.6 is 11.3 Å². The summed E-state index contributed by atoms with van der Waals surface area (Å²) in [4.78, 5) is 9.09. The Hall–Kier alpha value is -0.450. The third-order valence-corrected chi connectivity index (χ3v) is 2.17. The number of nitrogens with zero attached hydrogens (tertiary/aromatic N) is 1. The van der Waals surface area contributed by atoms with Gasteiger partial charge < -0.3 is 4.84 Å². The Balaban J connectivity index is 2.60. The van der Waals surface area contributed by atoms with Crippen LogP contribution in [0.3, 0.4) is 0 Å². The summed E-state index contributed by atoms with van der Waals surface area (Å²) in [6.07, 6.45) is 0. The lowest BCUT2D eigenvalue weighted by atomic mass is 10.3. The van der Waals surface area contributed by atoms with Gasteiger partial charge in [-0.15, -0.1) is 11.3 Å². The molecule has 0 spiro atoms. The fourth-order valence-electron chi connectivity index (χ4n) is 0.816. The first-order valence-electron chi connectivity index (χ1n) is 3.44. The molecule has 0 aliphatic carbocycles. The highest BCUT2D eigenvalue weighted by molar-refractivity contribution is 7.09. The van der Waals surface area contributed by atoms with Crippen molar-refractivity contribution in [2.45, 2.75) is 19.9 Å². The molecule has 1 atom stereocenters. The molecule has 1 aromatic rings. The number of hydrogen-bond acceptors (Lipinski definition) is 4. The van der Waals surface area contributed by atoms with Gasteiger partial charge in [0.25, 0.3) is 0 Å². The van der Waals surface area contributed by atoms with Gasteiger partial charge in [-0.1, -0.05) is 0 Å². The molecule has 0 aromatic carbocycles. The van der Waals surface area contributed by atoms with E-state index in [1.165, 1.54) is 0 Å². The van der Waals surface area contributed by atoms with Crippen LogP contribution in [0.1, 0.15) is 23.7 Å². The molecule has 0 aliphatic rings. The van der Waals surface area contributed by atoms with Crippen molar-refractivity contribution in [2.75, 3.05) is 7.11 Å². The molecule has 4 heteroatoms. The molecule has 1 N–H and O–H groups in total. The number of nitrogens with one attached hydrogen (secondary N) is 1. The maximum absolute atomic E-state index is 4.78. The number of aryl methyl sites for hydroxylation is 1. The Kier molecular flexibility index (Phi) is 2.99. The number of hydrogen-bond donors (Lipinski definition) is 1. The van der Waals surface area contributed by atoms with Crippen molar-refractivity contribution in [1.29, 1.82) is 0 Å². The van der Waals surface area contributed by atoms with Crippen LogP contribution < -0.4 is 5.48 Å². The van der Waals surface area contributed by atoms with Crippen molar-refractivity contribution in [3.63, 3.8) is 0 Å². The molecule has 0 saturated carbocycles. The molecule has 0 aliphatic heterocycles. The molecule has 0 amide bonds. The lowest BCUT2D eigenvalue weighted by Gasteiger charge is -2.07. The fraction of sp³-hybridized carbons (Fsp3) is 0.571. The lowest BCUT2D eigenvalue weighted by Crippen LogP contribution is -2.16. The van der Waals surface area contributed by atoms with E-state index in [9.17, 15) is 0 Å². The highest BCUT2D eigenvalue weighted by Crippen LogP contribution is 2.14. The molecule has 0 unspecified atom stereocenters. The molecule has 3 nitrogen and oxygen atoms in total. The zero-order valence-corrected chi connectivity index (χ0v) is 7.73. The summed E-state index contributed by atoms with van der Waals surface area (Å²) in [7, 11) is 1.61. The van der Waals surface area contributed by atoms with E-state index in [2.05, 4.69) is 10.5 Å². The fourth-order valence-corrected chi connectivity index (χ4v) is 1.52. The standard InChI is InChI=1S/C7H12N2OS/c1-5(9-10-3)7-4-11-6(2)8-7/h4-5,9H,1-3H3/t5-/m0/s1. The molecule has 1 aromatic heterocycles. The molecule has 11 heavy (non-hydrogen) atoms. The Labute approximate surface area is 70.4 Å². The molecule has 0 saturated heterocycles. The minimum Gasteiger partial charge on any atom is -0.304 e. The van der Waals surface area contributed by atoms with Crippen LogP contribution in [0, 0.1) is 6.92 Å². The SMILES string of the molecule is CON[C@@H](C)c1csc(C)n1. The molecule has 0 radical (unpaired) electrons. The Morgan fingerprint density at radius 3 is 2.91 bits per heavy atom. The van der Waals surface area contributed by atoms with Gasteiger partial charge in [0.15, 0.2) is 0 Å². The van der Waals surface area contributed by atoms with Crippen molar-refractivity contribution in [3.8, 4) is 0 Å². The third-order valence-electron chi connectivity index (χ3n) is 1.38. The first kappa shape index (κ1) is 8.64. The van der Waals surface area contributed by atoms with E-state index in [1.807, 2.05) is 19.2 Å². The summed E-state index contributed by atoms with van der Waals surface area (Å²) < 4.78 is 0. The second kappa shape index (κ2) is 3.80. The normalized spacial score (nSPS) is 13.4. The summed E-state index contributed by atoms with van der Waals surface area (Å²) in [5.41, 5.74) is 3.86. The van der Waals surface area contributed by atoms with Crippen LogP contribution in [-0.2, 0) is 4.84 Å². The lowest BCUT2D eigenvalue weighted by molar-refractivity contribution is 0.0648. The van der Waals surface area contributed by atoms with Gasteiger partial charge in [-0.25, -0.2) is 4.98 Å². The van der Waals surface area contributed by atoms with Gasteiger partial charge in [0.1, 0.15) is 0 Å². The van der Waals surface area contributed by atoms with Crippen LogP contribution in [0.4, 0.5) is 0 Å². The molecule has 1 heterocycles. The quantitative estimate of drug-likeness (QED) is 0.704. The summed E-state index contributed by atoms with van der Waals surface area (Å²) in [5.74, 6) is 0. The maximum atomic E-state index is 4.78. The second-order valence-corrected chi connectivity index (χ2v) is 3.40. The van der Waals surface area contributed by atoms with Crippen LogP contribution in [0.5, 0.6) is 0 Å². The smallest absolute Gasteiger partial charge is 0.0898 e. The first-order valence-corrected chi connectivity index (χ1v) is 4.32. The number of hydroxylamine groups is 1. The van der Waals surface area contributed by atoms with Gasteiger partial charge >= 0.3 is 0 Å². The predicted molar refractivity (Wildman–Crippen MR) is 45.4 cm³/mol. The number of aromatic nitrogens is 1. The Morgan fingerprint density at radius 1 is 1.73 bits per heavy atom. The van der Waals surface area contributed by atoms with E-state index in [1.54, 1.807) is 18.4 Å². The largest absolute Gasteiger partial charge is 0.304 e. The van der Waals surface area contributed by atoms with Gasteiger partial charge in [0.05, 0.1) is 23.9 Å². The van der Waals surface area contributed by atoms with Gasteiger partial charge in [-0.05, 0) is 13.8 Å². The first-order chi connectivity index (χ1) is 5.24. The third kappa shape index (κ3) is 2.25. The molecular weight excluding hydrogens is 160 g/mol. The van der Waals surface area contributed by atoms with Crippen LogP contribution in [-0.4, -0.2) is 12.1 Å². The molecular formula is C7H12N2OS. The van der Waals surface area contributed by atoms with Crippen molar-refractivity contribution < 1.29 is 4.84 Å². The van der Waals surface area contributed by atoms with Crippen molar-refractivity contribution in [1.82, 2.24) is 10.5 Å². The van der Waals surface area contributed by atoms with E-state index >= 15 is 0 Å². The van der Waals surface area contributed by atoms with E-state index in [4.69, 9.17) is 4.84 Å². The maximum Gasteiger partial charge on any atom is 0.0898 e. The summed E-state index contributed by atoms with van der Waals surface area (Å²) in [6, 6.07) is 0.171. The van der Waals surface area contributed by atoms with Crippen molar-refractivity contribution in [2.24, 2.45) is 0 Å². The van der Waals surface area contributed by atoms with E-state index in [0.29, 0.717) is 0 Å². The van der Waals surface area contributed by atoms with Crippen molar-refractivity contribution in [3.05, 3.63) is 16.1 Å². The number of thiazole rings is 1. The van der Waals surface area contributed by atoms with Crippen molar-refractivity contribution >= 4 is 11.3 Å². The molecule has 1 rings (SSSR count). The van der Waals surface area contributed by atoms with Crippen LogP contribution in [0.15, 0.2) is 5.38 Å². The molecule has 0 fully saturated rings. The van der Waals surface area contributed by atoms with Crippen LogP contribution in [0.25, 0.3) is 0 Å². The highest BCUT2D eigenvalue weighted by atomic mass is 32.1. The average molecular weight is 172 g/mol. The summed E-state index contributed by atoms with van der Waals surface area (Å²) in [5, 5.41) is 3.12. The second-order valence-electron chi connectivity index (χ2n) is 2.34. The minimum absolute atomic E-state index is 0.171. The van der Waals surface area contributed by atoms with Gasteiger partial charge in [0, 0.05) is 5.38 Å². The van der Waals surface area contributed by atoms with Gasteiger partial charge in [-0.3, -0.25) is 0 Å². The van der Waals surface area contributed by atoms with Gasteiger partial charge in [0.2, 0.25) is 0 Å². The molecule has 62 valence electrons. The zero-order chi connectivity index (χ0) is 8.27. The topological polar surface area (TPSA) is 34.1 Å². The van der Waals surface area contributed by atoms with Crippen LogP contribution in [0.2, 0.25) is 0 Å². The predicted octanol–water partition coefficient (Wildman–Crippen LogP) is 1.66. The Morgan fingerprint density at radius 2 is 2.45 bits per heavy atom. The number of rotatable bonds is 3. The van der Waals surface area contributed by atoms with E-state index in [-0.39, 0.29) is 6.04 Å². The minimum atomic E-state index is 0.171. The van der Waals surface area contributed by atoms with E-state index < -0.39 is 0 Å². The zero-order valence-electron chi connectivity index (χ0n) is 6.92. The van der Waals surface area contributed by atoms with Gasteiger partial charge in [-0.2, -0.15) is 5.48 Å². The van der Waals surface area contributed by atoms with E-state index in [0.717, 1.165) is 10.7 Å². The summed E-state index contributed by atoms with van der Waals surface area (Å²) >= 11 is 1.65. The monoisotopic (exact) mass is 172 g/mol. The molecule has 0 bridgehead atoms.